The van der Waals surface area contributed by atoms with Gasteiger partial charge >= 0.3 is 0 Å². The lowest BCUT2D eigenvalue weighted by atomic mass is 9.95. The van der Waals surface area contributed by atoms with Crippen molar-refractivity contribution in [3.05, 3.63) is 36.5 Å². The molecule has 0 aliphatic rings. The monoisotopic (exact) mass is 243 g/mol. The van der Waals surface area contributed by atoms with E-state index in [1.165, 1.54) is 0 Å². The molecule has 4 nitrogen and oxygen atoms in total. The lowest BCUT2D eigenvalue weighted by Crippen LogP contribution is -2.27. The molecule has 18 heavy (non-hydrogen) atoms. The number of H-pyrrole nitrogens is 1. The van der Waals surface area contributed by atoms with Crippen molar-refractivity contribution in [2.45, 2.75) is 20.8 Å². The number of carbonyl (C=O) groups excluding carboxylic acids is 1. The van der Waals surface area contributed by atoms with E-state index in [1.54, 1.807) is 6.20 Å². The van der Waals surface area contributed by atoms with E-state index < -0.39 is 5.41 Å². The van der Waals surface area contributed by atoms with E-state index in [0.717, 1.165) is 16.9 Å². The molecule has 0 spiro atoms. The zero-order valence-corrected chi connectivity index (χ0v) is 10.8. The van der Waals surface area contributed by atoms with Crippen molar-refractivity contribution in [3.8, 4) is 11.3 Å². The van der Waals surface area contributed by atoms with Gasteiger partial charge in [-0.2, -0.15) is 5.10 Å². The van der Waals surface area contributed by atoms with Gasteiger partial charge in [-0.05, 0) is 18.2 Å². The predicted molar refractivity (Wildman–Crippen MR) is 72.1 cm³/mol. The number of nitrogens with zero attached hydrogens (tertiary/aromatic N) is 1. The minimum Gasteiger partial charge on any atom is -0.326 e. The number of benzene rings is 1. The summed E-state index contributed by atoms with van der Waals surface area (Å²) in [5, 5.41) is 9.73. The highest BCUT2D eigenvalue weighted by Gasteiger charge is 2.21. The molecule has 0 saturated carbocycles. The van der Waals surface area contributed by atoms with Crippen LogP contribution in [-0.2, 0) is 4.79 Å². The lowest BCUT2D eigenvalue weighted by Gasteiger charge is -2.17. The molecule has 4 heteroatoms. The van der Waals surface area contributed by atoms with Crippen LogP contribution in [-0.4, -0.2) is 16.1 Å². The van der Waals surface area contributed by atoms with Crippen molar-refractivity contribution in [2.75, 3.05) is 5.32 Å². The molecular weight excluding hydrogens is 226 g/mol. The summed E-state index contributed by atoms with van der Waals surface area (Å²) >= 11 is 0. The number of aromatic amines is 1. The molecule has 0 unspecified atom stereocenters. The van der Waals surface area contributed by atoms with Crippen molar-refractivity contribution in [2.24, 2.45) is 5.41 Å². The molecule has 1 aromatic carbocycles. The summed E-state index contributed by atoms with van der Waals surface area (Å²) in [6.07, 6.45) is 1.70. The highest BCUT2D eigenvalue weighted by atomic mass is 16.2. The average molecular weight is 243 g/mol. The number of hydrogen-bond donors (Lipinski definition) is 2. The number of amides is 1. The van der Waals surface area contributed by atoms with Gasteiger partial charge in [-0.15, -0.1) is 0 Å². The average Bonchev–Trinajstić information content (AvgIpc) is 2.81. The molecule has 0 atom stereocenters. The molecule has 0 bridgehead atoms. The molecule has 94 valence electrons. The molecular formula is C14H17N3O. The maximum absolute atomic E-state index is 11.9. The topological polar surface area (TPSA) is 57.8 Å². The fourth-order valence-electron chi connectivity index (χ4n) is 1.50. The van der Waals surface area contributed by atoms with Crippen LogP contribution >= 0.6 is 0 Å². The SMILES string of the molecule is CC(C)(C)C(=O)Nc1cccc(-c2ccn[nH]2)c1. The maximum Gasteiger partial charge on any atom is 0.229 e. The zero-order chi connectivity index (χ0) is 13.2. The molecule has 2 rings (SSSR count). The summed E-state index contributed by atoms with van der Waals surface area (Å²) < 4.78 is 0. The predicted octanol–water partition coefficient (Wildman–Crippen LogP) is 3.06. The normalized spacial score (nSPS) is 11.3. The molecule has 0 saturated heterocycles. The Balaban J connectivity index is 2.21. The van der Waals surface area contributed by atoms with Gasteiger partial charge in [0.2, 0.25) is 5.91 Å². The first-order chi connectivity index (χ1) is 8.47. The number of carbonyl (C=O) groups is 1. The molecule has 0 aliphatic carbocycles. The van der Waals surface area contributed by atoms with Gasteiger partial charge in [-0.25, -0.2) is 0 Å². The van der Waals surface area contributed by atoms with Crippen LogP contribution in [0.4, 0.5) is 5.69 Å². The second kappa shape index (κ2) is 4.64. The molecule has 0 fully saturated rings. The van der Waals surface area contributed by atoms with Gasteiger partial charge in [-0.1, -0.05) is 32.9 Å². The maximum atomic E-state index is 11.9. The van der Waals surface area contributed by atoms with Crippen molar-refractivity contribution < 1.29 is 4.79 Å². The van der Waals surface area contributed by atoms with Crippen LogP contribution in [0.15, 0.2) is 36.5 Å². The van der Waals surface area contributed by atoms with Gasteiger partial charge in [0.25, 0.3) is 0 Å². The first kappa shape index (κ1) is 12.4. The zero-order valence-electron chi connectivity index (χ0n) is 10.8. The van der Waals surface area contributed by atoms with E-state index in [2.05, 4.69) is 15.5 Å². The Bertz CT molecular complexity index is 538. The molecule has 0 radical (unpaired) electrons. The summed E-state index contributed by atoms with van der Waals surface area (Å²) in [7, 11) is 0. The van der Waals surface area contributed by atoms with Crippen LogP contribution < -0.4 is 5.32 Å². The first-order valence-corrected chi connectivity index (χ1v) is 5.88. The lowest BCUT2D eigenvalue weighted by molar-refractivity contribution is -0.123. The Morgan fingerprint density at radius 3 is 2.67 bits per heavy atom. The molecule has 0 aliphatic heterocycles. The third-order valence-corrected chi connectivity index (χ3v) is 2.61. The molecule has 1 amide bonds. The highest BCUT2D eigenvalue weighted by molar-refractivity contribution is 5.95. The molecule has 1 heterocycles. The standard InChI is InChI=1S/C14H17N3O/c1-14(2,3)13(18)16-11-6-4-5-10(9-11)12-7-8-15-17-12/h4-9H,1-3H3,(H,15,17)(H,16,18). The Morgan fingerprint density at radius 1 is 1.28 bits per heavy atom. The van der Waals surface area contributed by atoms with Crippen LogP contribution in [0, 0.1) is 5.41 Å². The van der Waals surface area contributed by atoms with E-state index in [-0.39, 0.29) is 5.91 Å². The van der Waals surface area contributed by atoms with E-state index >= 15 is 0 Å². The van der Waals surface area contributed by atoms with Crippen LogP contribution in [0.3, 0.4) is 0 Å². The Morgan fingerprint density at radius 2 is 2.06 bits per heavy atom. The van der Waals surface area contributed by atoms with Crippen molar-refractivity contribution in [1.82, 2.24) is 10.2 Å². The molecule has 2 aromatic rings. The Hall–Kier alpha value is -2.10. The van der Waals surface area contributed by atoms with Gasteiger partial charge in [0.05, 0.1) is 5.69 Å². The van der Waals surface area contributed by atoms with Crippen molar-refractivity contribution in [3.63, 3.8) is 0 Å². The summed E-state index contributed by atoms with van der Waals surface area (Å²) in [5.74, 6) is 0.00395. The number of rotatable bonds is 2. The Labute approximate surface area is 106 Å². The Kier molecular flexibility index (Phi) is 3.19. The van der Waals surface area contributed by atoms with Gasteiger partial charge < -0.3 is 5.32 Å². The summed E-state index contributed by atoms with van der Waals surface area (Å²) in [4.78, 5) is 11.9. The van der Waals surface area contributed by atoms with Gasteiger partial charge in [-0.3, -0.25) is 9.89 Å². The summed E-state index contributed by atoms with van der Waals surface area (Å²) in [6.45, 7) is 5.67. The van der Waals surface area contributed by atoms with Gasteiger partial charge in [0.15, 0.2) is 0 Å². The second-order valence-electron chi connectivity index (χ2n) is 5.26. The summed E-state index contributed by atoms with van der Waals surface area (Å²) in [6, 6.07) is 9.58. The van der Waals surface area contributed by atoms with Crippen LogP contribution in [0.2, 0.25) is 0 Å². The van der Waals surface area contributed by atoms with Crippen LogP contribution in [0.5, 0.6) is 0 Å². The van der Waals surface area contributed by atoms with E-state index in [4.69, 9.17) is 0 Å². The first-order valence-electron chi connectivity index (χ1n) is 5.88. The molecule has 1 aromatic heterocycles. The largest absolute Gasteiger partial charge is 0.326 e. The fourth-order valence-corrected chi connectivity index (χ4v) is 1.50. The van der Waals surface area contributed by atoms with E-state index in [0.29, 0.717) is 0 Å². The number of aromatic nitrogens is 2. The van der Waals surface area contributed by atoms with E-state index in [9.17, 15) is 4.79 Å². The van der Waals surface area contributed by atoms with Crippen molar-refractivity contribution >= 4 is 11.6 Å². The number of nitrogens with one attached hydrogen (secondary N) is 2. The number of hydrogen-bond acceptors (Lipinski definition) is 2. The minimum atomic E-state index is -0.399. The van der Waals surface area contributed by atoms with Gasteiger partial charge in [0, 0.05) is 22.9 Å². The van der Waals surface area contributed by atoms with E-state index in [1.807, 2.05) is 51.1 Å². The smallest absolute Gasteiger partial charge is 0.229 e. The third-order valence-electron chi connectivity index (χ3n) is 2.61. The molecule has 2 N–H and O–H groups in total. The van der Waals surface area contributed by atoms with Crippen LogP contribution in [0.1, 0.15) is 20.8 Å². The quantitative estimate of drug-likeness (QED) is 0.851. The fraction of sp³-hybridized carbons (Fsp3) is 0.286. The van der Waals surface area contributed by atoms with Gasteiger partial charge in [0.1, 0.15) is 0 Å². The minimum absolute atomic E-state index is 0.00395. The third kappa shape index (κ3) is 2.77. The summed E-state index contributed by atoms with van der Waals surface area (Å²) in [5.41, 5.74) is 2.33. The second-order valence-corrected chi connectivity index (χ2v) is 5.26. The van der Waals surface area contributed by atoms with Crippen molar-refractivity contribution in [1.29, 1.82) is 0 Å². The highest BCUT2D eigenvalue weighted by Crippen LogP contribution is 2.22. The number of anilines is 1. The van der Waals surface area contributed by atoms with Crippen LogP contribution in [0.25, 0.3) is 11.3 Å².